The molecule has 4 N–H and O–H groups in total. The van der Waals surface area contributed by atoms with Crippen LogP contribution >= 0.6 is 0 Å². The molecule has 3 aliphatic rings. The number of hydrogen-bond donors (Lipinski definition) is 3. The van der Waals surface area contributed by atoms with E-state index in [1.54, 1.807) is 74.3 Å². The number of nitrogens with one attached hydrogen (secondary N) is 2. The summed E-state index contributed by atoms with van der Waals surface area (Å²) in [4.78, 5) is 65.8. The van der Waals surface area contributed by atoms with Crippen molar-refractivity contribution in [3.63, 3.8) is 0 Å². The number of carbonyl (C=O) groups excluding carboxylic acids is 4. The van der Waals surface area contributed by atoms with Crippen LogP contribution in [0, 0.1) is 11.8 Å². The number of fused-ring (bicyclic) bond motifs is 1. The molecule has 0 spiro atoms. The van der Waals surface area contributed by atoms with Crippen molar-refractivity contribution in [3.05, 3.63) is 105 Å². The van der Waals surface area contributed by atoms with E-state index in [1.807, 2.05) is 0 Å². The van der Waals surface area contributed by atoms with Gasteiger partial charge in [-0.15, -0.1) is 10.2 Å². The molecular formula is C46H56F3N13O6. The fourth-order valence-corrected chi connectivity index (χ4v) is 8.58. The minimum atomic E-state index is -4.76. The van der Waals surface area contributed by atoms with Crippen LogP contribution in [0.4, 0.5) is 35.3 Å². The van der Waals surface area contributed by atoms with Crippen molar-refractivity contribution in [3.8, 4) is 0 Å². The fourth-order valence-electron chi connectivity index (χ4n) is 8.58. The Balaban J connectivity index is 1.18. The van der Waals surface area contributed by atoms with Gasteiger partial charge in [-0.25, -0.2) is 9.78 Å². The van der Waals surface area contributed by atoms with Gasteiger partial charge in [-0.3, -0.25) is 29.1 Å². The second kappa shape index (κ2) is 20.7. The van der Waals surface area contributed by atoms with Crippen LogP contribution in [0.25, 0.3) is 10.4 Å². The number of nitrogens with zero attached hydrogens (tertiary/aromatic N) is 10. The molecule has 0 bridgehead atoms. The lowest BCUT2D eigenvalue weighted by Crippen LogP contribution is -2.50. The lowest BCUT2D eigenvalue weighted by molar-refractivity contribution is -0.138. The number of ether oxygens (including phenoxy) is 2. The van der Waals surface area contributed by atoms with Crippen LogP contribution in [0.15, 0.2) is 60.0 Å². The molecule has 4 amide bonds. The monoisotopic (exact) mass is 943 g/mol. The van der Waals surface area contributed by atoms with E-state index in [-0.39, 0.29) is 68.1 Å². The summed E-state index contributed by atoms with van der Waals surface area (Å²) in [6.45, 7) is 8.26. The highest BCUT2D eigenvalue weighted by Gasteiger charge is 2.45. The summed E-state index contributed by atoms with van der Waals surface area (Å²) in [6.07, 6.45) is -1.83. The van der Waals surface area contributed by atoms with Crippen LogP contribution in [0.1, 0.15) is 84.5 Å². The Labute approximate surface area is 391 Å². The maximum atomic E-state index is 14.9. The number of halogens is 3. The topological polar surface area (TPSA) is 239 Å². The molecule has 2 aromatic carbocycles. The van der Waals surface area contributed by atoms with E-state index in [9.17, 15) is 37.9 Å². The lowest BCUT2D eigenvalue weighted by atomic mass is 9.75. The van der Waals surface area contributed by atoms with Gasteiger partial charge in [0.2, 0.25) is 11.8 Å². The highest BCUT2D eigenvalue weighted by atomic mass is 19.4. The SMILES string of the molecule is CC(NC(=O)C(N)C(C)C)C(=O)Nc1ccc(COC(=O)N(CCN=[N+]=[N-])c2cc(C3(Cc4nncn4C)COC3)cc(N3Cc4c(cc(CN5CCC[C@H](C)C5)cc4C(F)(F)F)C3=O)n2)cc1. The molecule has 3 aliphatic heterocycles. The van der Waals surface area contributed by atoms with Gasteiger partial charge in [-0.05, 0) is 102 Å². The summed E-state index contributed by atoms with van der Waals surface area (Å²) < 4.78 is 57.9. The number of aromatic nitrogens is 4. The number of nitrogens with two attached hydrogens (primary N) is 1. The summed E-state index contributed by atoms with van der Waals surface area (Å²) in [7, 11) is 1.79. The number of likely N-dealkylation sites (tertiary alicyclic amines) is 1. The van der Waals surface area contributed by atoms with Crippen molar-refractivity contribution < 1.29 is 41.8 Å². The molecule has 0 radical (unpaired) electrons. The van der Waals surface area contributed by atoms with Crippen LogP contribution in [0.5, 0.6) is 0 Å². The first-order chi connectivity index (χ1) is 32.3. The average molecular weight is 944 g/mol. The lowest BCUT2D eigenvalue weighted by Gasteiger charge is -2.42. The maximum Gasteiger partial charge on any atom is 0.416 e. The smallest absolute Gasteiger partial charge is 0.416 e. The molecule has 19 nitrogen and oxygen atoms in total. The van der Waals surface area contributed by atoms with Gasteiger partial charge < -0.3 is 30.4 Å². The van der Waals surface area contributed by atoms with Crippen molar-refractivity contribution in [1.29, 1.82) is 0 Å². The van der Waals surface area contributed by atoms with Crippen molar-refractivity contribution in [2.75, 3.05) is 54.5 Å². The molecule has 0 aliphatic carbocycles. The number of anilines is 3. The zero-order valence-electron chi connectivity index (χ0n) is 38.6. The molecule has 2 unspecified atom stereocenters. The number of carbonyl (C=O) groups is 4. The van der Waals surface area contributed by atoms with Crippen LogP contribution in [-0.4, -0.2) is 99.9 Å². The molecule has 7 rings (SSSR count). The van der Waals surface area contributed by atoms with E-state index < -0.39 is 59.6 Å². The molecule has 0 saturated carbocycles. The standard InChI is InChI=1S/C46H56F3N13O6/c1-27(2)40(50)42(64)54-29(4)41(63)55-33-10-8-30(9-11-33)23-68-44(66)61(14-12-52-58-51)37-17-32(45(24-67-25-45)19-39-57-53-26-59(39)5)18-38(56-37)62-22-35-34(43(62)65)15-31(16-36(35)46(47,48)49)21-60-13-6-7-28(3)20-60/h8-11,15-18,26-29,40H,6-7,12-14,19-25,50H2,1-5H3,(H,54,64)(H,55,63)/t28-,29?,40?/m0/s1. The van der Waals surface area contributed by atoms with Gasteiger partial charge in [0.25, 0.3) is 5.91 Å². The number of hydrogen-bond acceptors (Lipinski definition) is 12. The summed E-state index contributed by atoms with van der Waals surface area (Å²) in [5, 5.41) is 17.2. The quantitative estimate of drug-likeness (QED) is 0.0629. The van der Waals surface area contributed by atoms with Gasteiger partial charge in [-0.2, -0.15) is 13.2 Å². The molecule has 2 fully saturated rings. The second-order valence-electron chi connectivity index (χ2n) is 18.3. The van der Waals surface area contributed by atoms with Crippen LogP contribution in [0.2, 0.25) is 0 Å². The third kappa shape index (κ3) is 11.2. The third-order valence-corrected chi connectivity index (χ3v) is 12.6. The summed E-state index contributed by atoms with van der Waals surface area (Å²) >= 11 is 0. The summed E-state index contributed by atoms with van der Waals surface area (Å²) in [5.41, 5.74) is 15.0. The van der Waals surface area contributed by atoms with Gasteiger partial charge in [0, 0.05) is 61.2 Å². The van der Waals surface area contributed by atoms with Gasteiger partial charge in [0.15, 0.2) is 0 Å². The minimum Gasteiger partial charge on any atom is -0.444 e. The number of amides is 4. The first-order valence-electron chi connectivity index (χ1n) is 22.5. The van der Waals surface area contributed by atoms with Crippen molar-refractivity contribution in [1.82, 2.24) is 30.0 Å². The van der Waals surface area contributed by atoms with Gasteiger partial charge in [-0.1, -0.05) is 38.0 Å². The van der Waals surface area contributed by atoms with E-state index in [0.717, 1.165) is 36.9 Å². The predicted octanol–water partition coefficient (Wildman–Crippen LogP) is 6.01. The zero-order valence-corrected chi connectivity index (χ0v) is 38.6. The van der Waals surface area contributed by atoms with Crippen molar-refractivity contribution in [2.45, 2.75) is 90.3 Å². The normalized spacial score (nSPS) is 17.7. The first kappa shape index (κ1) is 49.3. The Bertz CT molecular complexity index is 2560. The van der Waals surface area contributed by atoms with Gasteiger partial charge >= 0.3 is 12.3 Å². The number of benzene rings is 2. The number of pyridine rings is 1. The van der Waals surface area contributed by atoms with Crippen LogP contribution in [0.3, 0.4) is 0 Å². The molecule has 4 aromatic rings. The maximum absolute atomic E-state index is 14.9. The molecule has 362 valence electrons. The van der Waals surface area contributed by atoms with Gasteiger partial charge in [0.05, 0.1) is 31.4 Å². The van der Waals surface area contributed by atoms with Crippen LogP contribution < -0.4 is 26.2 Å². The Kier molecular flexibility index (Phi) is 15.0. The second-order valence-corrected chi connectivity index (χ2v) is 18.3. The van der Waals surface area contributed by atoms with E-state index in [2.05, 4.69) is 42.7 Å². The Hall–Kier alpha value is -6.61. The highest BCUT2D eigenvalue weighted by molar-refractivity contribution is 6.10. The molecule has 2 aromatic heterocycles. The fraction of sp³-hybridized carbons (Fsp3) is 0.500. The first-order valence-corrected chi connectivity index (χ1v) is 22.5. The molecule has 5 heterocycles. The molecule has 22 heteroatoms. The van der Waals surface area contributed by atoms with E-state index in [1.165, 1.54) is 11.8 Å². The Morgan fingerprint density at radius 1 is 1.10 bits per heavy atom. The predicted molar refractivity (Wildman–Crippen MR) is 244 cm³/mol. The van der Waals surface area contributed by atoms with E-state index in [0.29, 0.717) is 40.5 Å². The number of azide groups is 1. The largest absolute Gasteiger partial charge is 0.444 e. The zero-order chi connectivity index (χ0) is 48.9. The summed E-state index contributed by atoms with van der Waals surface area (Å²) in [6, 6.07) is 10.7. The van der Waals surface area contributed by atoms with Gasteiger partial charge in [0.1, 0.15) is 36.4 Å². The van der Waals surface area contributed by atoms with Crippen LogP contribution in [-0.2, 0) is 63.8 Å². The number of piperidine rings is 1. The van der Waals surface area contributed by atoms with Crippen molar-refractivity contribution in [2.24, 2.45) is 29.7 Å². The number of alkyl halides is 3. The van der Waals surface area contributed by atoms with E-state index in [4.69, 9.17) is 20.2 Å². The molecule has 68 heavy (non-hydrogen) atoms. The third-order valence-electron chi connectivity index (χ3n) is 12.6. The molecule has 2 saturated heterocycles. The number of rotatable bonds is 17. The highest BCUT2D eigenvalue weighted by Crippen LogP contribution is 2.43. The number of aryl methyl sites for hydroxylation is 1. The average Bonchev–Trinajstić information content (AvgIpc) is 3.85. The van der Waals surface area contributed by atoms with Crippen molar-refractivity contribution >= 4 is 41.1 Å². The minimum absolute atomic E-state index is 0.0154. The Morgan fingerprint density at radius 3 is 2.49 bits per heavy atom. The van der Waals surface area contributed by atoms with E-state index >= 15 is 0 Å². The summed E-state index contributed by atoms with van der Waals surface area (Å²) in [5.74, 6) is -0.758. The molecule has 3 atom stereocenters. The molecular weight excluding hydrogens is 888 g/mol. The Morgan fingerprint density at radius 2 is 1.85 bits per heavy atom.